The monoisotopic (exact) mass is 367 g/mol. The molecule has 2 rings (SSSR count). The highest BCUT2D eigenvalue weighted by molar-refractivity contribution is 6.33. The van der Waals surface area contributed by atoms with E-state index in [1.54, 1.807) is 30.3 Å². The number of amides is 1. The number of nitrogens with one attached hydrogen (secondary N) is 1. The molecule has 1 atom stereocenters. The molecular weight excluding hydrogens is 353 g/mol. The van der Waals surface area contributed by atoms with E-state index in [9.17, 15) is 14.7 Å². The van der Waals surface area contributed by atoms with Crippen LogP contribution in [0, 0.1) is 0 Å². The van der Waals surface area contributed by atoms with Crippen molar-refractivity contribution in [2.45, 2.75) is 19.1 Å². The van der Waals surface area contributed by atoms with Crippen LogP contribution in [-0.4, -0.2) is 23.2 Å². The van der Waals surface area contributed by atoms with Crippen LogP contribution in [0.5, 0.6) is 0 Å². The van der Waals surface area contributed by atoms with Crippen molar-refractivity contribution in [3.05, 3.63) is 69.7 Å². The second kappa shape index (κ2) is 8.57. The molecule has 0 aromatic heterocycles. The maximum Gasteiger partial charge on any atom is 0.408 e. The molecule has 0 aliphatic rings. The van der Waals surface area contributed by atoms with Crippen LogP contribution in [0.25, 0.3) is 0 Å². The normalized spacial score (nSPS) is 11.6. The molecule has 7 heteroatoms. The van der Waals surface area contributed by atoms with Crippen LogP contribution in [-0.2, 0) is 22.6 Å². The topological polar surface area (TPSA) is 75.6 Å². The highest BCUT2D eigenvalue weighted by Crippen LogP contribution is 2.22. The second-order valence-corrected chi connectivity index (χ2v) is 5.88. The van der Waals surface area contributed by atoms with Gasteiger partial charge >= 0.3 is 12.1 Å². The van der Waals surface area contributed by atoms with Gasteiger partial charge in [-0.1, -0.05) is 53.5 Å². The number of halogens is 2. The second-order valence-electron chi connectivity index (χ2n) is 5.04. The lowest BCUT2D eigenvalue weighted by atomic mass is 10.1. The minimum atomic E-state index is -1.19. The molecule has 0 saturated heterocycles. The van der Waals surface area contributed by atoms with Crippen LogP contribution in [0.4, 0.5) is 4.79 Å². The maximum atomic E-state index is 11.8. The summed E-state index contributed by atoms with van der Waals surface area (Å²) in [6, 6.07) is 12.6. The number of rotatable bonds is 6. The number of alkyl carbamates (subject to hydrolysis) is 1. The van der Waals surface area contributed by atoms with Crippen molar-refractivity contribution in [3.63, 3.8) is 0 Å². The van der Waals surface area contributed by atoms with Gasteiger partial charge in [0.25, 0.3) is 0 Å². The van der Waals surface area contributed by atoms with E-state index in [0.717, 1.165) is 5.56 Å². The fourth-order valence-corrected chi connectivity index (χ4v) is 2.42. The van der Waals surface area contributed by atoms with Crippen molar-refractivity contribution in [1.29, 1.82) is 0 Å². The molecule has 0 radical (unpaired) electrons. The Morgan fingerprint density at radius 3 is 2.50 bits per heavy atom. The largest absolute Gasteiger partial charge is 0.480 e. The van der Waals surface area contributed by atoms with Crippen LogP contribution in [0.2, 0.25) is 10.0 Å². The Hall–Kier alpha value is -2.24. The number of hydrogen-bond donors (Lipinski definition) is 2. The summed E-state index contributed by atoms with van der Waals surface area (Å²) in [4.78, 5) is 23.2. The van der Waals surface area contributed by atoms with Gasteiger partial charge in [0, 0.05) is 16.5 Å². The van der Waals surface area contributed by atoms with Crippen molar-refractivity contribution in [3.8, 4) is 0 Å². The zero-order valence-electron chi connectivity index (χ0n) is 12.5. The average Bonchev–Trinajstić information content (AvgIpc) is 2.56. The third-order valence-corrected chi connectivity index (χ3v) is 3.84. The van der Waals surface area contributed by atoms with E-state index >= 15 is 0 Å². The molecule has 0 aliphatic heterocycles. The number of aliphatic carboxylic acids is 1. The summed E-state index contributed by atoms with van der Waals surface area (Å²) in [6.07, 6.45) is -0.820. The predicted octanol–water partition coefficient (Wildman–Crippen LogP) is 3.92. The first-order valence-electron chi connectivity index (χ1n) is 7.09. The number of carbonyl (C=O) groups excluding carboxylic acids is 1. The molecule has 2 N–H and O–H groups in total. The molecule has 0 saturated carbocycles. The third-order valence-electron chi connectivity index (χ3n) is 3.23. The van der Waals surface area contributed by atoms with E-state index < -0.39 is 18.1 Å². The summed E-state index contributed by atoms with van der Waals surface area (Å²) in [6.45, 7) is 0.0525. The lowest BCUT2D eigenvalue weighted by Crippen LogP contribution is -2.42. The van der Waals surface area contributed by atoms with Gasteiger partial charge in [-0.2, -0.15) is 0 Å². The third kappa shape index (κ3) is 5.44. The van der Waals surface area contributed by atoms with Gasteiger partial charge in [0.05, 0.1) is 0 Å². The number of hydrogen-bond acceptors (Lipinski definition) is 3. The summed E-state index contributed by atoms with van der Waals surface area (Å²) in [5.41, 5.74) is 1.33. The maximum absolute atomic E-state index is 11.8. The highest BCUT2D eigenvalue weighted by atomic mass is 35.5. The van der Waals surface area contributed by atoms with Gasteiger partial charge in [-0.05, 0) is 29.3 Å². The summed E-state index contributed by atoms with van der Waals surface area (Å²) < 4.78 is 5.03. The van der Waals surface area contributed by atoms with Crippen molar-refractivity contribution in [1.82, 2.24) is 5.32 Å². The molecule has 0 spiro atoms. The SMILES string of the molecule is O=C(N[C@H](Cc1cc(Cl)ccc1Cl)C(=O)O)OCc1ccccc1. The standard InChI is InChI=1S/C17H15Cl2NO4/c18-13-6-7-14(19)12(8-13)9-15(16(21)22)20-17(23)24-10-11-4-2-1-3-5-11/h1-8,15H,9-10H2,(H,20,23)(H,21,22)/t15-/m1/s1. The van der Waals surface area contributed by atoms with Gasteiger partial charge in [0.2, 0.25) is 0 Å². The lowest BCUT2D eigenvalue weighted by Gasteiger charge is -2.15. The fourth-order valence-electron chi connectivity index (χ4n) is 2.03. The summed E-state index contributed by atoms with van der Waals surface area (Å²) >= 11 is 11.9. The molecule has 0 heterocycles. The van der Waals surface area contributed by atoms with Crippen LogP contribution in [0.3, 0.4) is 0 Å². The Morgan fingerprint density at radius 1 is 1.12 bits per heavy atom. The van der Waals surface area contributed by atoms with Gasteiger partial charge in [0.1, 0.15) is 12.6 Å². The Morgan fingerprint density at radius 2 is 1.83 bits per heavy atom. The Kier molecular flexibility index (Phi) is 6.46. The van der Waals surface area contributed by atoms with Gasteiger partial charge in [-0.3, -0.25) is 0 Å². The van der Waals surface area contributed by atoms with Crippen LogP contribution in [0.1, 0.15) is 11.1 Å². The van der Waals surface area contributed by atoms with E-state index in [1.165, 1.54) is 0 Å². The number of ether oxygens (including phenoxy) is 1. The number of carboxylic acids is 1. The molecule has 0 aliphatic carbocycles. The zero-order chi connectivity index (χ0) is 17.5. The van der Waals surface area contributed by atoms with Crippen molar-refractivity contribution >= 4 is 35.3 Å². The van der Waals surface area contributed by atoms with Gasteiger partial charge in [-0.15, -0.1) is 0 Å². The summed E-state index contributed by atoms with van der Waals surface area (Å²) in [5, 5.41) is 12.4. The first-order valence-corrected chi connectivity index (χ1v) is 7.85. The highest BCUT2D eigenvalue weighted by Gasteiger charge is 2.22. The number of carboxylic acid groups (broad SMARTS) is 1. The molecule has 2 aromatic carbocycles. The summed E-state index contributed by atoms with van der Waals surface area (Å²) in [5.74, 6) is -1.19. The Balaban J connectivity index is 1.96. The van der Waals surface area contributed by atoms with Gasteiger partial charge in [0.15, 0.2) is 0 Å². The Bertz CT molecular complexity index is 722. The van der Waals surface area contributed by atoms with Crippen molar-refractivity contribution in [2.75, 3.05) is 0 Å². The van der Waals surface area contributed by atoms with E-state index in [4.69, 9.17) is 27.9 Å². The smallest absolute Gasteiger partial charge is 0.408 e. The fraction of sp³-hybridized carbons (Fsp3) is 0.176. The number of benzene rings is 2. The van der Waals surface area contributed by atoms with Crippen molar-refractivity contribution < 1.29 is 19.4 Å². The molecular formula is C17H15Cl2NO4. The van der Waals surface area contributed by atoms with Crippen LogP contribution >= 0.6 is 23.2 Å². The van der Waals surface area contributed by atoms with E-state index in [-0.39, 0.29) is 13.0 Å². The molecule has 5 nitrogen and oxygen atoms in total. The Labute approximate surface area is 149 Å². The van der Waals surface area contributed by atoms with Crippen LogP contribution < -0.4 is 5.32 Å². The molecule has 0 fully saturated rings. The quantitative estimate of drug-likeness (QED) is 0.811. The van der Waals surface area contributed by atoms with Crippen molar-refractivity contribution in [2.24, 2.45) is 0 Å². The minimum Gasteiger partial charge on any atom is -0.480 e. The minimum absolute atomic E-state index is 0.00480. The predicted molar refractivity (Wildman–Crippen MR) is 91.4 cm³/mol. The summed E-state index contributed by atoms with van der Waals surface area (Å²) in [7, 11) is 0. The van der Waals surface area contributed by atoms with E-state index in [0.29, 0.717) is 15.6 Å². The van der Waals surface area contributed by atoms with Gasteiger partial charge < -0.3 is 15.2 Å². The zero-order valence-corrected chi connectivity index (χ0v) is 14.1. The van der Waals surface area contributed by atoms with Crippen LogP contribution in [0.15, 0.2) is 48.5 Å². The van der Waals surface area contributed by atoms with E-state index in [1.807, 2.05) is 18.2 Å². The molecule has 0 bridgehead atoms. The number of carbonyl (C=O) groups is 2. The lowest BCUT2D eigenvalue weighted by molar-refractivity contribution is -0.139. The van der Waals surface area contributed by atoms with E-state index in [2.05, 4.69) is 5.32 Å². The molecule has 1 amide bonds. The van der Waals surface area contributed by atoms with Gasteiger partial charge in [-0.25, -0.2) is 9.59 Å². The first-order chi connectivity index (χ1) is 11.5. The average molecular weight is 368 g/mol. The molecule has 24 heavy (non-hydrogen) atoms. The first kappa shape index (κ1) is 18.1. The molecule has 126 valence electrons. The molecule has 2 aromatic rings. The molecule has 0 unspecified atom stereocenters.